The highest BCUT2D eigenvalue weighted by atomic mass is 16.2. The molecule has 0 spiro atoms. The molecule has 124 valence electrons. The van der Waals surface area contributed by atoms with Crippen LogP contribution >= 0.6 is 0 Å². The number of hydrogen-bond donors (Lipinski definition) is 2. The second-order valence-electron chi connectivity index (χ2n) is 5.55. The Labute approximate surface area is 141 Å². The van der Waals surface area contributed by atoms with Gasteiger partial charge in [0.25, 0.3) is 5.91 Å². The van der Waals surface area contributed by atoms with Gasteiger partial charge in [-0.1, -0.05) is 6.07 Å². The first-order valence-electron chi connectivity index (χ1n) is 7.56. The fraction of sp³-hybridized carbons (Fsp3) is 0.222. The smallest absolute Gasteiger partial charge is 0.272 e. The quantitative estimate of drug-likeness (QED) is 0.655. The molecule has 2 N–H and O–H groups in total. The maximum absolute atomic E-state index is 12.0. The van der Waals surface area contributed by atoms with Gasteiger partial charge in [-0.15, -0.1) is 0 Å². The van der Waals surface area contributed by atoms with E-state index in [2.05, 4.69) is 20.8 Å². The summed E-state index contributed by atoms with van der Waals surface area (Å²) in [4.78, 5) is 27.7. The van der Waals surface area contributed by atoms with Gasteiger partial charge in [-0.05, 0) is 56.2 Å². The minimum Gasteiger partial charge on any atom is -0.326 e. The van der Waals surface area contributed by atoms with Crippen molar-refractivity contribution < 1.29 is 9.59 Å². The van der Waals surface area contributed by atoms with E-state index >= 15 is 0 Å². The second kappa shape index (κ2) is 8.01. The summed E-state index contributed by atoms with van der Waals surface area (Å²) in [6.45, 7) is 5.69. The van der Waals surface area contributed by atoms with Crippen molar-refractivity contribution in [2.45, 2.75) is 27.2 Å². The van der Waals surface area contributed by atoms with Gasteiger partial charge in [0.2, 0.25) is 5.91 Å². The summed E-state index contributed by atoms with van der Waals surface area (Å²) in [6.07, 6.45) is 3.13. The average Bonchev–Trinajstić information content (AvgIpc) is 2.56. The Morgan fingerprint density at radius 2 is 1.96 bits per heavy atom. The number of nitrogens with one attached hydrogen (secondary N) is 2. The molecule has 1 aromatic carbocycles. The van der Waals surface area contributed by atoms with E-state index < -0.39 is 0 Å². The van der Waals surface area contributed by atoms with Crippen LogP contribution in [0.5, 0.6) is 0 Å². The molecule has 1 aromatic heterocycles. The fourth-order valence-electron chi connectivity index (χ4n) is 2.00. The lowest BCUT2D eigenvalue weighted by Crippen LogP contribution is -2.21. The SMILES string of the molecule is C/C(CC(=O)Nc1ccc(C)c(C)c1)=N\NC(=O)c1cccnc1. The number of rotatable bonds is 5. The fourth-order valence-corrected chi connectivity index (χ4v) is 2.00. The molecule has 0 saturated carbocycles. The summed E-state index contributed by atoms with van der Waals surface area (Å²) in [6, 6.07) is 9.04. The molecule has 0 bridgehead atoms. The van der Waals surface area contributed by atoms with Gasteiger partial charge in [-0.2, -0.15) is 5.10 Å². The monoisotopic (exact) mass is 324 g/mol. The Bertz CT molecular complexity index is 770. The van der Waals surface area contributed by atoms with E-state index in [1.54, 1.807) is 25.3 Å². The molecule has 0 saturated heterocycles. The number of benzene rings is 1. The lowest BCUT2D eigenvalue weighted by atomic mass is 10.1. The number of pyridine rings is 1. The number of hydrogen-bond acceptors (Lipinski definition) is 4. The maximum Gasteiger partial charge on any atom is 0.272 e. The molecule has 2 aromatic rings. The van der Waals surface area contributed by atoms with E-state index in [1.165, 1.54) is 11.8 Å². The van der Waals surface area contributed by atoms with Crippen molar-refractivity contribution in [3.63, 3.8) is 0 Å². The molecular weight excluding hydrogens is 304 g/mol. The molecule has 2 amide bonds. The predicted octanol–water partition coefficient (Wildman–Crippen LogP) is 2.83. The summed E-state index contributed by atoms with van der Waals surface area (Å²) in [7, 11) is 0. The van der Waals surface area contributed by atoms with Crippen LogP contribution in [0, 0.1) is 13.8 Å². The molecular formula is C18H20N4O2. The van der Waals surface area contributed by atoms with Crippen LogP contribution in [0.3, 0.4) is 0 Å². The molecule has 24 heavy (non-hydrogen) atoms. The highest BCUT2D eigenvalue weighted by molar-refractivity contribution is 6.06. The van der Waals surface area contributed by atoms with Crippen molar-refractivity contribution >= 4 is 23.2 Å². The summed E-state index contributed by atoms with van der Waals surface area (Å²) in [5.74, 6) is -0.549. The Morgan fingerprint density at radius 3 is 2.62 bits per heavy atom. The Balaban J connectivity index is 1.88. The van der Waals surface area contributed by atoms with Gasteiger partial charge in [0, 0.05) is 23.8 Å². The van der Waals surface area contributed by atoms with Gasteiger partial charge in [0.15, 0.2) is 0 Å². The number of aromatic nitrogens is 1. The summed E-state index contributed by atoms with van der Waals surface area (Å²) in [5, 5.41) is 6.76. The van der Waals surface area contributed by atoms with Gasteiger partial charge in [-0.3, -0.25) is 14.6 Å². The highest BCUT2D eigenvalue weighted by Gasteiger charge is 2.07. The average molecular weight is 324 g/mol. The lowest BCUT2D eigenvalue weighted by molar-refractivity contribution is -0.115. The molecule has 0 radical (unpaired) electrons. The molecule has 6 heteroatoms. The number of hydrazone groups is 1. The molecule has 6 nitrogen and oxygen atoms in total. The van der Waals surface area contributed by atoms with Gasteiger partial charge in [0.05, 0.1) is 12.0 Å². The number of carbonyl (C=O) groups is 2. The van der Waals surface area contributed by atoms with Gasteiger partial charge in [-0.25, -0.2) is 5.43 Å². The van der Waals surface area contributed by atoms with Crippen LogP contribution in [0.2, 0.25) is 0 Å². The van der Waals surface area contributed by atoms with Crippen molar-refractivity contribution in [1.29, 1.82) is 0 Å². The molecule has 0 fully saturated rings. The zero-order chi connectivity index (χ0) is 17.5. The van der Waals surface area contributed by atoms with E-state index in [4.69, 9.17) is 0 Å². The van der Waals surface area contributed by atoms with Crippen LogP contribution < -0.4 is 10.7 Å². The normalized spacial score (nSPS) is 11.0. The second-order valence-corrected chi connectivity index (χ2v) is 5.55. The first kappa shape index (κ1) is 17.3. The zero-order valence-electron chi connectivity index (χ0n) is 14.0. The molecule has 1 heterocycles. The molecule has 0 aliphatic carbocycles. The minimum absolute atomic E-state index is 0.0975. The Kier molecular flexibility index (Phi) is 5.78. The van der Waals surface area contributed by atoms with Crippen LogP contribution in [0.15, 0.2) is 47.8 Å². The number of amides is 2. The molecule has 0 unspecified atom stereocenters. The number of nitrogens with zero attached hydrogens (tertiary/aromatic N) is 2. The Morgan fingerprint density at radius 1 is 1.17 bits per heavy atom. The summed E-state index contributed by atoms with van der Waals surface area (Å²) < 4.78 is 0. The van der Waals surface area contributed by atoms with Crippen LogP contribution in [-0.4, -0.2) is 22.5 Å². The molecule has 2 rings (SSSR count). The minimum atomic E-state index is -0.364. The topological polar surface area (TPSA) is 83.5 Å². The van der Waals surface area contributed by atoms with Crippen LogP contribution in [-0.2, 0) is 4.79 Å². The summed E-state index contributed by atoms with van der Waals surface area (Å²) >= 11 is 0. The van der Waals surface area contributed by atoms with E-state index in [0.717, 1.165) is 11.3 Å². The van der Waals surface area contributed by atoms with Crippen molar-refractivity contribution in [1.82, 2.24) is 10.4 Å². The lowest BCUT2D eigenvalue weighted by Gasteiger charge is -2.08. The molecule has 0 aliphatic rings. The van der Waals surface area contributed by atoms with E-state index in [9.17, 15) is 9.59 Å². The summed E-state index contributed by atoms with van der Waals surface area (Å²) in [5.41, 5.74) is 6.36. The van der Waals surface area contributed by atoms with E-state index in [0.29, 0.717) is 11.3 Å². The van der Waals surface area contributed by atoms with Crippen molar-refractivity contribution in [2.24, 2.45) is 5.10 Å². The molecule has 0 aliphatic heterocycles. The van der Waals surface area contributed by atoms with Crippen molar-refractivity contribution in [3.8, 4) is 0 Å². The third-order valence-electron chi connectivity index (χ3n) is 3.48. The van der Waals surface area contributed by atoms with Crippen LogP contribution in [0.25, 0.3) is 0 Å². The predicted molar refractivity (Wildman–Crippen MR) is 94.0 cm³/mol. The van der Waals surface area contributed by atoms with Gasteiger partial charge in [0.1, 0.15) is 0 Å². The standard InChI is InChI=1S/C18H20N4O2/c1-12-6-7-16(9-13(12)2)20-17(23)10-14(3)21-22-18(24)15-5-4-8-19-11-15/h4-9,11H,10H2,1-3H3,(H,20,23)(H,22,24)/b21-14+. The van der Waals surface area contributed by atoms with E-state index in [-0.39, 0.29) is 18.2 Å². The largest absolute Gasteiger partial charge is 0.326 e. The van der Waals surface area contributed by atoms with Gasteiger partial charge < -0.3 is 5.32 Å². The van der Waals surface area contributed by atoms with Crippen LogP contribution in [0.4, 0.5) is 5.69 Å². The number of carbonyl (C=O) groups excluding carboxylic acids is 2. The van der Waals surface area contributed by atoms with Crippen molar-refractivity contribution in [3.05, 3.63) is 59.4 Å². The number of anilines is 1. The number of aryl methyl sites for hydroxylation is 2. The van der Waals surface area contributed by atoms with E-state index in [1.807, 2.05) is 32.0 Å². The third-order valence-corrected chi connectivity index (χ3v) is 3.48. The Hall–Kier alpha value is -3.02. The van der Waals surface area contributed by atoms with Gasteiger partial charge >= 0.3 is 0 Å². The maximum atomic E-state index is 12.0. The van der Waals surface area contributed by atoms with Crippen molar-refractivity contribution in [2.75, 3.05) is 5.32 Å². The highest BCUT2D eigenvalue weighted by Crippen LogP contribution is 2.14. The first-order chi connectivity index (χ1) is 11.5. The first-order valence-corrected chi connectivity index (χ1v) is 7.56. The molecule has 0 atom stereocenters. The zero-order valence-corrected chi connectivity index (χ0v) is 14.0. The third kappa shape index (κ3) is 5.01. The van der Waals surface area contributed by atoms with Crippen LogP contribution in [0.1, 0.15) is 34.8 Å².